The summed E-state index contributed by atoms with van der Waals surface area (Å²) in [6.07, 6.45) is 1.20. The van der Waals surface area contributed by atoms with E-state index in [1.54, 1.807) is 0 Å². The quantitative estimate of drug-likeness (QED) is 0.810. The molecule has 1 heterocycles. The van der Waals surface area contributed by atoms with Gasteiger partial charge in [0, 0.05) is 28.9 Å². The van der Waals surface area contributed by atoms with Gasteiger partial charge in [0.1, 0.15) is 0 Å². The highest BCUT2D eigenvalue weighted by molar-refractivity contribution is 8.00. The van der Waals surface area contributed by atoms with E-state index in [-0.39, 0.29) is 0 Å². The fourth-order valence-electron chi connectivity index (χ4n) is 2.92. The second kappa shape index (κ2) is 5.92. The fourth-order valence-corrected chi connectivity index (χ4v) is 4.25. The second-order valence-corrected chi connectivity index (χ2v) is 6.72. The van der Waals surface area contributed by atoms with Gasteiger partial charge in [-0.05, 0) is 43.5 Å². The molecular weight excluding hydrogens is 262 g/mol. The predicted octanol–water partition coefficient (Wildman–Crippen LogP) is 4.54. The minimum absolute atomic E-state index is 0.673. The zero-order valence-electron chi connectivity index (χ0n) is 12.2. The largest absolute Gasteiger partial charge is 0.370 e. The molecule has 2 aromatic rings. The lowest BCUT2D eigenvalue weighted by Crippen LogP contribution is -2.31. The molecule has 2 aromatic carbocycles. The summed E-state index contributed by atoms with van der Waals surface area (Å²) in [6.45, 7) is 6.65. The topological polar surface area (TPSA) is 3.24 Å². The van der Waals surface area contributed by atoms with E-state index in [2.05, 4.69) is 67.3 Å². The van der Waals surface area contributed by atoms with E-state index in [0.29, 0.717) is 5.25 Å². The van der Waals surface area contributed by atoms with Gasteiger partial charge in [-0.3, -0.25) is 0 Å². The van der Waals surface area contributed by atoms with Crippen LogP contribution in [-0.4, -0.2) is 18.3 Å². The van der Waals surface area contributed by atoms with Crippen LogP contribution in [0, 0.1) is 6.92 Å². The van der Waals surface area contributed by atoms with Crippen molar-refractivity contribution in [2.24, 2.45) is 0 Å². The van der Waals surface area contributed by atoms with Crippen molar-refractivity contribution in [1.82, 2.24) is 0 Å². The molecule has 1 atom stereocenters. The molecule has 104 valence electrons. The first-order valence-electron chi connectivity index (χ1n) is 7.33. The molecule has 0 fully saturated rings. The summed E-state index contributed by atoms with van der Waals surface area (Å²) in [5, 5.41) is 0.673. The van der Waals surface area contributed by atoms with Crippen LogP contribution in [0.25, 0.3) is 0 Å². The number of nitrogens with zero attached hydrogens (tertiary/aromatic N) is 1. The van der Waals surface area contributed by atoms with E-state index in [1.807, 2.05) is 11.8 Å². The van der Waals surface area contributed by atoms with E-state index >= 15 is 0 Å². The standard InChI is InChI=1S/C18H21NS/c1-3-19(17-10-6-4-8-14(17)2)13-16-12-15-9-5-7-11-18(15)20-16/h4-11,16H,3,12-13H2,1-2H3. The Morgan fingerprint density at radius 3 is 2.60 bits per heavy atom. The van der Waals surface area contributed by atoms with Crippen LogP contribution >= 0.6 is 11.8 Å². The number of aryl methyl sites for hydroxylation is 1. The maximum atomic E-state index is 2.51. The number of rotatable bonds is 4. The molecule has 0 amide bonds. The average Bonchev–Trinajstić information content (AvgIpc) is 2.88. The van der Waals surface area contributed by atoms with Crippen LogP contribution in [0.1, 0.15) is 18.1 Å². The Bertz CT molecular complexity index is 568. The van der Waals surface area contributed by atoms with Crippen molar-refractivity contribution in [2.75, 3.05) is 18.0 Å². The minimum atomic E-state index is 0.673. The molecule has 1 nitrogen and oxygen atoms in total. The van der Waals surface area contributed by atoms with E-state index in [4.69, 9.17) is 0 Å². The molecule has 0 aromatic heterocycles. The summed E-state index contributed by atoms with van der Waals surface area (Å²) in [6, 6.07) is 17.5. The van der Waals surface area contributed by atoms with Gasteiger partial charge < -0.3 is 4.90 Å². The number of benzene rings is 2. The Morgan fingerprint density at radius 2 is 1.85 bits per heavy atom. The summed E-state index contributed by atoms with van der Waals surface area (Å²) < 4.78 is 0. The van der Waals surface area contributed by atoms with Gasteiger partial charge in [-0.1, -0.05) is 36.4 Å². The number of fused-ring (bicyclic) bond motifs is 1. The summed E-state index contributed by atoms with van der Waals surface area (Å²) in [5.74, 6) is 0. The number of thioether (sulfide) groups is 1. The van der Waals surface area contributed by atoms with E-state index < -0.39 is 0 Å². The molecule has 0 aliphatic carbocycles. The SMILES string of the molecule is CCN(CC1Cc2ccccc2S1)c1ccccc1C. The molecule has 1 aliphatic heterocycles. The Kier molecular flexibility index (Phi) is 4.02. The molecule has 0 saturated heterocycles. The van der Waals surface area contributed by atoms with Crippen LogP contribution in [0.3, 0.4) is 0 Å². The summed E-state index contributed by atoms with van der Waals surface area (Å²) in [7, 11) is 0. The first kappa shape index (κ1) is 13.6. The first-order chi connectivity index (χ1) is 9.78. The van der Waals surface area contributed by atoms with Crippen LogP contribution in [0.5, 0.6) is 0 Å². The first-order valence-corrected chi connectivity index (χ1v) is 8.21. The van der Waals surface area contributed by atoms with Crippen LogP contribution < -0.4 is 4.90 Å². The third kappa shape index (κ3) is 2.71. The van der Waals surface area contributed by atoms with Gasteiger partial charge in [0.15, 0.2) is 0 Å². The van der Waals surface area contributed by atoms with E-state index in [9.17, 15) is 0 Å². The smallest absolute Gasteiger partial charge is 0.0396 e. The Labute approximate surface area is 126 Å². The molecule has 1 aliphatic rings. The molecule has 1 unspecified atom stereocenters. The van der Waals surface area contributed by atoms with E-state index in [1.165, 1.54) is 28.1 Å². The van der Waals surface area contributed by atoms with Gasteiger partial charge >= 0.3 is 0 Å². The van der Waals surface area contributed by atoms with Gasteiger partial charge in [-0.2, -0.15) is 0 Å². The van der Waals surface area contributed by atoms with Gasteiger partial charge in [0.2, 0.25) is 0 Å². The third-order valence-corrected chi connectivity index (χ3v) is 5.28. The Hall–Kier alpha value is -1.41. The normalized spacial score (nSPS) is 17.0. The molecule has 20 heavy (non-hydrogen) atoms. The second-order valence-electron chi connectivity index (χ2n) is 5.38. The van der Waals surface area contributed by atoms with Crippen LogP contribution in [0.2, 0.25) is 0 Å². The lowest BCUT2D eigenvalue weighted by atomic mass is 10.1. The highest BCUT2D eigenvalue weighted by atomic mass is 32.2. The maximum Gasteiger partial charge on any atom is 0.0396 e. The van der Waals surface area contributed by atoms with Crippen molar-refractivity contribution in [1.29, 1.82) is 0 Å². The zero-order chi connectivity index (χ0) is 13.9. The van der Waals surface area contributed by atoms with Crippen molar-refractivity contribution < 1.29 is 0 Å². The summed E-state index contributed by atoms with van der Waals surface area (Å²) in [5.41, 5.74) is 4.27. The van der Waals surface area contributed by atoms with Gasteiger partial charge in [0.25, 0.3) is 0 Å². The maximum absolute atomic E-state index is 2.51. The molecule has 2 heteroatoms. The van der Waals surface area contributed by atoms with Crippen molar-refractivity contribution in [3.8, 4) is 0 Å². The zero-order valence-corrected chi connectivity index (χ0v) is 13.0. The molecule has 3 rings (SSSR count). The molecular formula is C18H21NS. The number of para-hydroxylation sites is 1. The van der Waals surface area contributed by atoms with Crippen LogP contribution in [0.4, 0.5) is 5.69 Å². The number of hydrogen-bond acceptors (Lipinski definition) is 2. The molecule has 0 radical (unpaired) electrons. The minimum Gasteiger partial charge on any atom is -0.370 e. The molecule has 0 N–H and O–H groups in total. The summed E-state index contributed by atoms with van der Waals surface area (Å²) >= 11 is 2.04. The summed E-state index contributed by atoms with van der Waals surface area (Å²) in [4.78, 5) is 3.98. The predicted molar refractivity (Wildman–Crippen MR) is 88.9 cm³/mol. The van der Waals surface area contributed by atoms with Crippen LogP contribution in [0.15, 0.2) is 53.4 Å². The van der Waals surface area contributed by atoms with Crippen molar-refractivity contribution in [2.45, 2.75) is 30.4 Å². The Morgan fingerprint density at radius 1 is 1.10 bits per heavy atom. The van der Waals surface area contributed by atoms with Gasteiger partial charge in [0.05, 0.1) is 0 Å². The Balaban J connectivity index is 1.73. The monoisotopic (exact) mass is 283 g/mol. The van der Waals surface area contributed by atoms with Gasteiger partial charge in [-0.15, -0.1) is 11.8 Å². The molecule has 0 spiro atoms. The van der Waals surface area contributed by atoms with E-state index in [0.717, 1.165) is 13.1 Å². The van der Waals surface area contributed by atoms with Crippen molar-refractivity contribution >= 4 is 17.4 Å². The van der Waals surface area contributed by atoms with Crippen molar-refractivity contribution in [3.05, 3.63) is 59.7 Å². The van der Waals surface area contributed by atoms with Gasteiger partial charge in [-0.25, -0.2) is 0 Å². The third-order valence-electron chi connectivity index (χ3n) is 3.98. The molecule has 0 bridgehead atoms. The molecule has 0 saturated carbocycles. The fraction of sp³-hybridized carbons (Fsp3) is 0.333. The van der Waals surface area contributed by atoms with Crippen LogP contribution in [-0.2, 0) is 6.42 Å². The number of anilines is 1. The average molecular weight is 283 g/mol. The number of hydrogen-bond donors (Lipinski definition) is 0. The van der Waals surface area contributed by atoms with Crippen molar-refractivity contribution in [3.63, 3.8) is 0 Å². The highest BCUT2D eigenvalue weighted by Gasteiger charge is 2.23. The lowest BCUT2D eigenvalue weighted by Gasteiger charge is -2.27. The highest BCUT2D eigenvalue weighted by Crippen LogP contribution is 2.37. The lowest BCUT2D eigenvalue weighted by molar-refractivity contribution is 0.766.